The summed E-state index contributed by atoms with van der Waals surface area (Å²) in [5.74, 6) is 0. The van der Waals surface area contributed by atoms with Crippen molar-refractivity contribution >= 4 is 23.2 Å². The minimum atomic E-state index is -0.759. The Bertz CT molecular complexity index is 359. The molecule has 2 nitrogen and oxygen atoms in total. The van der Waals surface area contributed by atoms with Crippen LogP contribution in [-0.2, 0) is 4.74 Å². The van der Waals surface area contributed by atoms with Gasteiger partial charge in [0.05, 0.1) is 22.3 Å². The van der Waals surface area contributed by atoms with Crippen molar-refractivity contribution in [2.45, 2.75) is 32.5 Å². The zero-order valence-electron chi connectivity index (χ0n) is 9.63. The number of halogens is 2. The molecule has 1 rings (SSSR count). The van der Waals surface area contributed by atoms with E-state index in [0.29, 0.717) is 15.6 Å². The first-order valence-corrected chi connectivity index (χ1v) is 5.83. The standard InChI is InChI=1S/C12H16Cl2O2/c1-12(2,3)16-7-10(15)8-5-4-6-9(13)11(8)14/h4-6,10,15H,7H2,1-3H3. The van der Waals surface area contributed by atoms with Gasteiger partial charge in [-0.2, -0.15) is 0 Å². The van der Waals surface area contributed by atoms with Gasteiger partial charge in [0.25, 0.3) is 0 Å². The Morgan fingerprint density at radius 2 is 1.94 bits per heavy atom. The molecule has 0 saturated carbocycles. The van der Waals surface area contributed by atoms with Crippen LogP contribution in [0.4, 0.5) is 0 Å². The van der Waals surface area contributed by atoms with Gasteiger partial charge >= 0.3 is 0 Å². The second-order valence-electron chi connectivity index (χ2n) is 4.58. The third-order valence-electron chi connectivity index (χ3n) is 2.01. The van der Waals surface area contributed by atoms with Gasteiger partial charge in [-0.15, -0.1) is 0 Å². The molecule has 1 unspecified atom stereocenters. The molecule has 0 amide bonds. The number of hydrogen-bond donors (Lipinski definition) is 1. The maximum absolute atomic E-state index is 9.92. The van der Waals surface area contributed by atoms with Crippen LogP contribution < -0.4 is 0 Å². The normalized spacial score (nSPS) is 13.9. The number of ether oxygens (including phenoxy) is 1. The van der Waals surface area contributed by atoms with Crippen molar-refractivity contribution in [2.24, 2.45) is 0 Å². The van der Waals surface area contributed by atoms with Crippen LogP contribution >= 0.6 is 23.2 Å². The van der Waals surface area contributed by atoms with Crippen molar-refractivity contribution in [2.75, 3.05) is 6.61 Å². The van der Waals surface area contributed by atoms with Crippen LogP contribution in [0.3, 0.4) is 0 Å². The number of rotatable bonds is 3. The Hall–Kier alpha value is -0.280. The SMILES string of the molecule is CC(C)(C)OCC(O)c1cccc(Cl)c1Cl. The zero-order chi connectivity index (χ0) is 12.3. The van der Waals surface area contributed by atoms with Gasteiger partial charge in [0.2, 0.25) is 0 Å². The van der Waals surface area contributed by atoms with Gasteiger partial charge in [-0.1, -0.05) is 35.3 Å². The average molecular weight is 263 g/mol. The molecular weight excluding hydrogens is 247 g/mol. The lowest BCUT2D eigenvalue weighted by molar-refractivity contribution is -0.0496. The highest BCUT2D eigenvalue weighted by molar-refractivity contribution is 6.42. The van der Waals surface area contributed by atoms with Crippen LogP contribution in [0.15, 0.2) is 18.2 Å². The fraction of sp³-hybridized carbons (Fsp3) is 0.500. The van der Waals surface area contributed by atoms with E-state index in [2.05, 4.69) is 0 Å². The molecule has 1 atom stereocenters. The number of hydrogen-bond acceptors (Lipinski definition) is 2. The number of benzene rings is 1. The van der Waals surface area contributed by atoms with Gasteiger partial charge < -0.3 is 9.84 Å². The van der Waals surface area contributed by atoms with Crippen LogP contribution in [0.25, 0.3) is 0 Å². The molecule has 0 fully saturated rings. The number of aliphatic hydroxyl groups excluding tert-OH is 1. The molecule has 0 aromatic heterocycles. The van der Waals surface area contributed by atoms with E-state index in [9.17, 15) is 5.11 Å². The molecule has 0 spiro atoms. The van der Waals surface area contributed by atoms with Crippen LogP contribution in [0.5, 0.6) is 0 Å². The fourth-order valence-corrected chi connectivity index (χ4v) is 1.63. The van der Waals surface area contributed by atoms with Crippen molar-refractivity contribution in [3.8, 4) is 0 Å². The molecule has 0 aliphatic carbocycles. The van der Waals surface area contributed by atoms with Crippen LogP contribution in [0, 0.1) is 0 Å². The summed E-state index contributed by atoms with van der Waals surface area (Å²) in [5.41, 5.74) is 0.310. The molecule has 1 aromatic carbocycles. The van der Waals surface area contributed by atoms with E-state index in [1.54, 1.807) is 18.2 Å². The van der Waals surface area contributed by atoms with Gasteiger partial charge in [0, 0.05) is 5.56 Å². The van der Waals surface area contributed by atoms with Crippen molar-refractivity contribution < 1.29 is 9.84 Å². The summed E-state index contributed by atoms with van der Waals surface area (Å²) in [6.07, 6.45) is -0.759. The van der Waals surface area contributed by atoms with Crippen molar-refractivity contribution in [3.05, 3.63) is 33.8 Å². The lowest BCUT2D eigenvalue weighted by Gasteiger charge is -2.22. The highest BCUT2D eigenvalue weighted by atomic mass is 35.5. The summed E-state index contributed by atoms with van der Waals surface area (Å²) in [4.78, 5) is 0. The van der Waals surface area contributed by atoms with E-state index in [-0.39, 0.29) is 12.2 Å². The van der Waals surface area contributed by atoms with E-state index >= 15 is 0 Å². The van der Waals surface area contributed by atoms with Crippen molar-refractivity contribution in [1.29, 1.82) is 0 Å². The van der Waals surface area contributed by atoms with Crippen molar-refractivity contribution in [1.82, 2.24) is 0 Å². The first kappa shape index (κ1) is 13.8. The van der Waals surface area contributed by atoms with Gasteiger partial charge in [-0.3, -0.25) is 0 Å². The highest BCUT2D eigenvalue weighted by Crippen LogP contribution is 2.30. The Balaban J connectivity index is 2.73. The summed E-state index contributed by atoms with van der Waals surface area (Å²) in [6, 6.07) is 5.18. The molecule has 0 heterocycles. The molecular formula is C12H16Cl2O2. The van der Waals surface area contributed by atoms with Gasteiger partial charge in [-0.05, 0) is 26.8 Å². The molecule has 0 aliphatic rings. The molecule has 16 heavy (non-hydrogen) atoms. The first-order chi connectivity index (χ1) is 7.31. The molecule has 0 bridgehead atoms. The number of aliphatic hydroxyl groups is 1. The molecule has 4 heteroatoms. The maximum atomic E-state index is 9.92. The zero-order valence-corrected chi connectivity index (χ0v) is 11.1. The Morgan fingerprint density at radius 1 is 1.31 bits per heavy atom. The van der Waals surface area contributed by atoms with E-state index in [1.165, 1.54) is 0 Å². The molecule has 0 saturated heterocycles. The largest absolute Gasteiger partial charge is 0.386 e. The van der Waals surface area contributed by atoms with Gasteiger partial charge in [0.15, 0.2) is 0 Å². The van der Waals surface area contributed by atoms with E-state index in [1.807, 2.05) is 20.8 Å². The first-order valence-electron chi connectivity index (χ1n) is 5.07. The molecule has 0 radical (unpaired) electrons. The summed E-state index contributed by atoms with van der Waals surface area (Å²) in [6.45, 7) is 5.99. The topological polar surface area (TPSA) is 29.5 Å². The second kappa shape index (κ2) is 5.37. The van der Waals surface area contributed by atoms with Crippen LogP contribution in [0.1, 0.15) is 32.4 Å². The summed E-state index contributed by atoms with van der Waals surface area (Å²) >= 11 is 11.9. The quantitative estimate of drug-likeness (QED) is 0.897. The van der Waals surface area contributed by atoms with Crippen molar-refractivity contribution in [3.63, 3.8) is 0 Å². The van der Waals surface area contributed by atoms with Crippen LogP contribution in [0.2, 0.25) is 10.0 Å². The van der Waals surface area contributed by atoms with E-state index < -0.39 is 6.10 Å². The average Bonchev–Trinajstić information content (AvgIpc) is 2.17. The maximum Gasteiger partial charge on any atom is 0.104 e. The molecule has 0 aliphatic heterocycles. The second-order valence-corrected chi connectivity index (χ2v) is 5.37. The third kappa shape index (κ3) is 3.95. The molecule has 1 N–H and O–H groups in total. The summed E-state index contributed by atoms with van der Waals surface area (Å²) in [5, 5.41) is 10.7. The smallest absolute Gasteiger partial charge is 0.104 e. The Kier molecular flexibility index (Phi) is 4.62. The van der Waals surface area contributed by atoms with E-state index in [4.69, 9.17) is 27.9 Å². The van der Waals surface area contributed by atoms with Gasteiger partial charge in [0.1, 0.15) is 6.10 Å². The molecule has 1 aromatic rings. The van der Waals surface area contributed by atoms with Crippen LogP contribution in [-0.4, -0.2) is 17.3 Å². The molecule has 90 valence electrons. The highest BCUT2D eigenvalue weighted by Gasteiger charge is 2.17. The monoisotopic (exact) mass is 262 g/mol. The Labute approximate surface area is 106 Å². The minimum Gasteiger partial charge on any atom is -0.386 e. The lowest BCUT2D eigenvalue weighted by Crippen LogP contribution is -2.22. The van der Waals surface area contributed by atoms with Gasteiger partial charge in [-0.25, -0.2) is 0 Å². The fourth-order valence-electron chi connectivity index (χ4n) is 1.20. The predicted molar refractivity (Wildman–Crippen MR) is 67.1 cm³/mol. The third-order valence-corrected chi connectivity index (χ3v) is 2.85. The summed E-state index contributed by atoms with van der Waals surface area (Å²) < 4.78 is 5.49. The lowest BCUT2D eigenvalue weighted by atomic mass is 10.1. The Morgan fingerprint density at radius 3 is 2.50 bits per heavy atom. The van der Waals surface area contributed by atoms with E-state index in [0.717, 1.165) is 0 Å². The summed E-state index contributed by atoms with van der Waals surface area (Å²) in [7, 11) is 0. The predicted octanol–water partition coefficient (Wildman–Crippen LogP) is 3.84. The minimum absolute atomic E-state index is 0.198.